The number of rotatable bonds is 2. The topological polar surface area (TPSA) is 46.5 Å². The second kappa shape index (κ2) is 3.47. The van der Waals surface area contributed by atoms with E-state index in [9.17, 15) is 0 Å². The molecule has 2 aliphatic heterocycles. The fourth-order valence-corrected chi connectivity index (χ4v) is 2.37. The standard InChI is InChI=1S/C12H15N3O/c1-2-12(11-14-6-7-15-11)8-9-10(16-12)4-3-5-13-9/h3-5H,2,6-8H2,1H3,(H,14,15). The molecule has 2 aliphatic rings. The molecule has 16 heavy (non-hydrogen) atoms. The van der Waals surface area contributed by atoms with Gasteiger partial charge in [-0.3, -0.25) is 9.98 Å². The third kappa shape index (κ3) is 1.29. The van der Waals surface area contributed by atoms with Gasteiger partial charge < -0.3 is 10.1 Å². The van der Waals surface area contributed by atoms with Crippen molar-refractivity contribution in [1.29, 1.82) is 0 Å². The zero-order valence-electron chi connectivity index (χ0n) is 9.36. The summed E-state index contributed by atoms with van der Waals surface area (Å²) in [6.07, 6.45) is 3.55. The van der Waals surface area contributed by atoms with Crippen LogP contribution in [0.2, 0.25) is 0 Å². The van der Waals surface area contributed by atoms with Gasteiger partial charge in [-0.05, 0) is 18.6 Å². The Kier molecular flexibility index (Phi) is 2.09. The predicted octanol–water partition coefficient (Wildman–Crippen LogP) is 1.17. The number of hydrogen-bond acceptors (Lipinski definition) is 4. The Balaban J connectivity index is 1.96. The smallest absolute Gasteiger partial charge is 0.171 e. The molecule has 0 aromatic carbocycles. The summed E-state index contributed by atoms with van der Waals surface area (Å²) in [5.74, 6) is 1.90. The first-order chi connectivity index (χ1) is 7.84. The highest BCUT2D eigenvalue weighted by atomic mass is 16.5. The SMILES string of the molecule is CCC1(C2=NCCN2)Cc2ncccc2O1. The van der Waals surface area contributed by atoms with Crippen molar-refractivity contribution in [3.63, 3.8) is 0 Å². The van der Waals surface area contributed by atoms with E-state index in [1.54, 1.807) is 0 Å². The van der Waals surface area contributed by atoms with Crippen molar-refractivity contribution in [2.24, 2.45) is 4.99 Å². The third-order valence-electron chi connectivity index (χ3n) is 3.28. The number of hydrogen-bond donors (Lipinski definition) is 1. The maximum absolute atomic E-state index is 6.07. The van der Waals surface area contributed by atoms with Gasteiger partial charge in [0.15, 0.2) is 5.60 Å². The number of aromatic nitrogens is 1. The highest BCUT2D eigenvalue weighted by Crippen LogP contribution is 2.36. The lowest BCUT2D eigenvalue weighted by atomic mass is 9.95. The van der Waals surface area contributed by atoms with E-state index in [4.69, 9.17) is 4.74 Å². The molecule has 4 nitrogen and oxygen atoms in total. The lowest BCUT2D eigenvalue weighted by Gasteiger charge is -2.27. The minimum Gasteiger partial charge on any atom is -0.477 e. The van der Waals surface area contributed by atoms with Gasteiger partial charge in [0, 0.05) is 19.2 Å². The van der Waals surface area contributed by atoms with Gasteiger partial charge in [0.1, 0.15) is 11.6 Å². The summed E-state index contributed by atoms with van der Waals surface area (Å²) in [6.45, 7) is 3.91. The summed E-state index contributed by atoms with van der Waals surface area (Å²) < 4.78 is 6.07. The average Bonchev–Trinajstić information content (AvgIpc) is 2.96. The molecule has 1 aromatic rings. The monoisotopic (exact) mass is 217 g/mol. The normalized spacial score (nSPS) is 26.9. The summed E-state index contributed by atoms with van der Waals surface area (Å²) in [6, 6.07) is 3.89. The molecule has 0 saturated heterocycles. The lowest BCUT2D eigenvalue weighted by Crippen LogP contribution is -2.48. The van der Waals surface area contributed by atoms with Crippen molar-refractivity contribution in [2.75, 3.05) is 13.1 Å². The molecule has 3 rings (SSSR count). The van der Waals surface area contributed by atoms with Crippen LogP contribution in [0.1, 0.15) is 19.0 Å². The van der Waals surface area contributed by atoms with Crippen LogP contribution in [0.4, 0.5) is 0 Å². The summed E-state index contributed by atoms with van der Waals surface area (Å²) in [7, 11) is 0. The van der Waals surface area contributed by atoms with Crippen LogP contribution in [0.25, 0.3) is 0 Å². The van der Waals surface area contributed by atoms with Crippen molar-refractivity contribution in [1.82, 2.24) is 10.3 Å². The van der Waals surface area contributed by atoms with Crippen LogP contribution in [0, 0.1) is 0 Å². The summed E-state index contributed by atoms with van der Waals surface area (Å²) >= 11 is 0. The Hall–Kier alpha value is -1.58. The van der Waals surface area contributed by atoms with Gasteiger partial charge >= 0.3 is 0 Å². The van der Waals surface area contributed by atoms with Crippen molar-refractivity contribution in [3.05, 3.63) is 24.0 Å². The Morgan fingerprint density at radius 1 is 1.56 bits per heavy atom. The minimum absolute atomic E-state index is 0.298. The fraction of sp³-hybridized carbons (Fsp3) is 0.500. The van der Waals surface area contributed by atoms with Gasteiger partial charge in [0.05, 0.1) is 12.2 Å². The number of pyridine rings is 1. The highest BCUT2D eigenvalue weighted by molar-refractivity contribution is 5.93. The number of amidine groups is 1. The molecule has 0 fully saturated rings. The number of fused-ring (bicyclic) bond motifs is 1. The Morgan fingerprint density at radius 2 is 2.50 bits per heavy atom. The van der Waals surface area contributed by atoms with Crippen molar-refractivity contribution >= 4 is 5.84 Å². The second-order valence-electron chi connectivity index (χ2n) is 4.23. The van der Waals surface area contributed by atoms with E-state index in [0.717, 1.165) is 43.2 Å². The van der Waals surface area contributed by atoms with Gasteiger partial charge in [0.2, 0.25) is 0 Å². The van der Waals surface area contributed by atoms with Gasteiger partial charge in [-0.25, -0.2) is 0 Å². The van der Waals surface area contributed by atoms with E-state index in [0.29, 0.717) is 0 Å². The number of nitrogens with one attached hydrogen (secondary N) is 1. The zero-order chi connectivity index (χ0) is 11.0. The van der Waals surface area contributed by atoms with Gasteiger partial charge in [-0.2, -0.15) is 0 Å². The molecule has 4 heteroatoms. The number of ether oxygens (including phenoxy) is 1. The Labute approximate surface area is 94.8 Å². The summed E-state index contributed by atoms with van der Waals surface area (Å²) in [4.78, 5) is 8.86. The second-order valence-corrected chi connectivity index (χ2v) is 4.23. The number of nitrogens with zero attached hydrogens (tertiary/aromatic N) is 2. The molecule has 1 aromatic heterocycles. The van der Waals surface area contributed by atoms with E-state index in [1.165, 1.54) is 0 Å². The first-order valence-electron chi connectivity index (χ1n) is 5.76. The Bertz CT molecular complexity index is 417. The van der Waals surface area contributed by atoms with Crippen molar-refractivity contribution in [2.45, 2.75) is 25.4 Å². The fourth-order valence-electron chi connectivity index (χ4n) is 2.37. The van der Waals surface area contributed by atoms with Crippen molar-refractivity contribution < 1.29 is 4.74 Å². The quantitative estimate of drug-likeness (QED) is 0.808. The molecule has 0 bridgehead atoms. The molecule has 0 radical (unpaired) electrons. The number of aliphatic imine (C=N–C) groups is 1. The molecular formula is C12H15N3O. The van der Waals surface area contributed by atoms with Crippen LogP contribution >= 0.6 is 0 Å². The lowest BCUT2D eigenvalue weighted by molar-refractivity contribution is 0.162. The van der Waals surface area contributed by atoms with Crippen LogP contribution in [0.15, 0.2) is 23.3 Å². The van der Waals surface area contributed by atoms with E-state index in [-0.39, 0.29) is 5.60 Å². The Morgan fingerprint density at radius 3 is 3.19 bits per heavy atom. The van der Waals surface area contributed by atoms with Gasteiger partial charge in [-0.15, -0.1) is 0 Å². The molecule has 0 spiro atoms. The van der Waals surface area contributed by atoms with Crippen LogP contribution in [0.5, 0.6) is 5.75 Å². The van der Waals surface area contributed by atoms with Crippen LogP contribution < -0.4 is 10.1 Å². The molecular weight excluding hydrogens is 202 g/mol. The van der Waals surface area contributed by atoms with Crippen molar-refractivity contribution in [3.8, 4) is 5.75 Å². The van der Waals surface area contributed by atoms with Crippen LogP contribution in [-0.2, 0) is 6.42 Å². The molecule has 3 heterocycles. The van der Waals surface area contributed by atoms with Gasteiger partial charge in [0.25, 0.3) is 0 Å². The van der Waals surface area contributed by atoms with Gasteiger partial charge in [-0.1, -0.05) is 6.92 Å². The molecule has 1 N–H and O–H groups in total. The maximum atomic E-state index is 6.07. The van der Waals surface area contributed by atoms with Crippen LogP contribution in [0.3, 0.4) is 0 Å². The first-order valence-corrected chi connectivity index (χ1v) is 5.76. The van der Waals surface area contributed by atoms with E-state index >= 15 is 0 Å². The predicted molar refractivity (Wildman–Crippen MR) is 61.9 cm³/mol. The third-order valence-corrected chi connectivity index (χ3v) is 3.28. The molecule has 0 amide bonds. The molecule has 84 valence electrons. The molecule has 0 aliphatic carbocycles. The van der Waals surface area contributed by atoms with E-state index < -0.39 is 0 Å². The minimum atomic E-state index is -0.298. The molecule has 1 unspecified atom stereocenters. The zero-order valence-corrected chi connectivity index (χ0v) is 9.36. The largest absolute Gasteiger partial charge is 0.477 e. The highest BCUT2D eigenvalue weighted by Gasteiger charge is 2.44. The van der Waals surface area contributed by atoms with E-state index in [2.05, 4.69) is 22.2 Å². The van der Waals surface area contributed by atoms with Crippen LogP contribution in [-0.4, -0.2) is 29.5 Å². The average molecular weight is 217 g/mol. The summed E-state index contributed by atoms with van der Waals surface area (Å²) in [5, 5.41) is 3.32. The summed E-state index contributed by atoms with van der Waals surface area (Å²) in [5.41, 5.74) is 0.744. The first kappa shape index (κ1) is 9.63. The molecule has 1 atom stereocenters. The maximum Gasteiger partial charge on any atom is 0.171 e. The van der Waals surface area contributed by atoms with E-state index in [1.807, 2.05) is 18.3 Å². The molecule has 0 saturated carbocycles.